The largest absolute Gasteiger partial charge is 0.454 e. The molecule has 0 aliphatic carbocycles. The Hall–Kier alpha value is -2.11. The van der Waals surface area contributed by atoms with E-state index in [-0.39, 0.29) is 12.4 Å². The van der Waals surface area contributed by atoms with Crippen LogP contribution in [0.1, 0.15) is 15.9 Å². The average molecular weight is 271 g/mol. The van der Waals surface area contributed by atoms with Crippen molar-refractivity contribution in [3.8, 4) is 0 Å². The van der Waals surface area contributed by atoms with Gasteiger partial charge in [-0.1, -0.05) is 12.1 Å². The highest BCUT2D eigenvalue weighted by molar-refractivity contribution is 6.00. The van der Waals surface area contributed by atoms with Crippen molar-refractivity contribution in [1.82, 2.24) is 4.57 Å². The molecule has 1 heterocycles. The van der Waals surface area contributed by atoms with Gasteiger partial charge in [0.25, 0.3) is 5.78 Å². The Morgan fingerprint density at radius 2 is 1.74 bits per heavy atom. The lowest BCUT2D eigenvalue weighted by Crippen LogP contribution is -2.22. The minimum absolute atomic E-state index is 0.269. The summed E-state index contributed by atoms with van der Waals surface area (Å²) in [4.78, 5) is 11.0. The fourth-order valence-corrected chi connectivity index (χ4v) is 1.64. The van der Waals surface area contributed by atoms with Crippen LogP contribution in [-0.2, 0) is 6.54 Å². The van der Waals surface area contributed by atoms with Crippen LogP contribution >= 0.6 is 0 Å². The van der Waals surface area contributed by atoms with Crippen molar-refractivity contribution in [2.45, 2.75) is 12.7 Å². The van der Waals surface area contributed by atoms with Crippen LogP contribution in [0.2, 0.25) is 0 Å². The van der Waals surface area contributed by atoms with Crippen LogP contribution < -0.4 is 0 Å². The molecule has 0 aliphatic heterocycles. The summed E-state index contributed by atoms with van der Waals surface area (Å²) in [5, 5.41) is 0. The molecule has 0 bridgehead atoms. The molecule has 1 aromatic carbocycles. The number of ketones is 1. The third kappa shape index (κ3) is 3.21. The second-order valence-electron chi connectivity index (χ2n) is 4.03. The van der Waals surface area contributed by atoms with E-state index < -0.39 is 17.5 Å². The summed E-state index contributed by atoms with van der Waals surface area (Å²) in [6.07, 6.45) is -2.37. The SMILES string of the molecule is O=C(c1ccn(Cc2ccc(F)cc2)c1)C(F)(F)F. The Labute approximate surface area is 106 Å². The molecule has 2 rings (SSSR count). The van der Waals surface area contributed by atoms with Gasteiger partial charge in [0.05, 0.1) is 0 Å². The van der Waals surface area contributed by atoms with Gasteiger partial charge in [-0.05, 0) is 23.8 Å². The Balaban J connectivity index is 2.14. The highest BCUT2D eigenvalue weighted by atomic mass is 19.4. The number of nitrogens with zero attached hydrogens (tertiary/aromatic N) is 1. The van der Waals surface area contributed by atoms with Gasteiger partial charge in [-0.25, -0.2) is 4.39 Å². The van der Waals surface area contributed by atoms with Crippen LogP contribution in [0.15, 0.2) is 42.7 Å². The van der Waals surface area contributed by atoms with Gasteiger partial charge < -0.3 is 4.57 Å². The van der Waals surface area contributed by atoms with Crippen LogP contribution in [0.4, 0.5) is 17.6 Å². The number of aromatic nitrogens is 1. The van der Waals surface area contributed by atoms with Crippen molar-refractivity contribution < 1.29 is 22.4 Å². The number of Topliss-reactive ketones (excluding diaryl/α,β-unsaturated/α-hetero) is 1. The molecule has 100 valence electrons. The number of carbonyl (C=O) groups excluding carboxylic acids is 1. The molecule has 2 nitrogen and oxygen atoms in total. The van der Waals surface area contributed by atoms with Crippen LogP contribution in [0.5, 0.6) is 0 Å². The van der Waals surface area contributed by atoms with Crippen LogP contribution in [-0.4, -0.2) is 16.5 Å². The molecule has 1 aromatic heterocycles. The lowest BCUT2D eigenvalue weighted by Gasteiger charge is -2.04. The van der Waals surface area contributed by atoms with Crippen LogP contribution in [0.3, 0.4) is 0 Å². The summed E-state index contributed by atoms with van der Waals surface area (Å²) >= 11 is 0. The van der Waals surface area contributed by atoms with E-state index in [0.29, 0.717) is 0 Å². The maximum atomic E-state index is 12.7. The van der Waals surface area contributed by atoms with E-state index >= 15 is 0 Å². The van der Waals surface area contributed by atoms with Crippen LogP contribution in [0.25, 0.3) is 0 Å². The minimum atomic E-state index is -4.87. The van der Waals surface area contributed by atoms with E-state index in [0.717, 1.165) is 17.8 Å². The van der Waals surface area contributed by atoms with Crippen molar-refractivity contribution in [3.05, 3.63) is 59.7 Å². The quantitative estimate of drug-likeness (QED) is 0.619. The zero-order valence-corrected chi connectivity index (χ0v) is 9.62. The zero-order valence-electron chi connectivity index (χ0n) is 9.62. The maximum absolute atomic E-state index is 12.7. The normalized spacial score (nSPS) is 11.6. The second kappa shape index (κ2) is 4.87. The molecule has 0 atom stereocenters. The summed E-state index contributed by atoms with van der Waals surface area (Å²) in [5.74, 6) is -2.26. The van der Waals surface area contributed by atoms with E-state index in [1.165, 1.54) is 35.0 Å². The van der Waals surface area contributed by atoms with E-state index in [9.17, 15) is 22.4 Å². The first kappa shape index (κ1) is 13.3. The first-order chi connectivity index (χ1) is 8.86. The Morgan fingerprint density at radius 3 is 2.32 bits per heavy atom. The molecule has 0 radical (unpaired) electrons. The molecule has 0 saturated heterocycles. The highest BCUT2D eigenvalue weighted by Gasteiger charge is 2.39. The summed E-state index contributed by atoms with van der Waals surface area (Å²) < 4.78 is 50.8. The van der Waals surface area contributed by atoms with E-state index in [1.54, 1.807) is 0 Å². The van der Waals surface area contributed by atoms with Crippen molar-refractivity contribution in [1.29, 1.82) is 0 Å². The van der Waals surface area contributed by atoms with Gasteiger partial charge >= 0.3 is 6.18 Å². The summed E-state index contributed by atoms with van der Waals surface area (Å²) in [7, 11) is 0. The van der Waals surface area contributed by atoms with Gasteiger partial charge in [0.1, 0.15) is 5.82 Å². The molecular weight excluding hydrogens is 262 g/mol. The van der Waals surface area contributed by atoms with Gasteiger partial charge in [-0.2, -0.15) is 13.2 Å². The zero-order chi connectivity index (χ0) is 14.0. The number of halogens is 4. The minimum Gasteiger partial charge on any atom is -0.349 e. The molecule has 0 N–H and O–H groups in total. The molecule has 0 amide bonds. The molecular formula is C13H9F4NO. The van der Waals surface area contributed by atoms with E-state index in [4.69, 9.17) is 0 Å². The molecule has 0 aliphatic rings. The van der Waals surface area contributed by atoms with Crippen molar-refractivity contribution in [3.63, 3.8) is 0 Å². The molecule has 19 heavy (non-hydrogen) atoms. The smallest absolute Gasteiger partial charge is 0.349 e. The molecule has 0 unspecified atom stereocenters. The molecule has 0 spiro atoms. The third-order valence-corrected chi connectivity index (χ3v) is 2.55. The lowest BCUT2D eigenvalue weighted by atomic mass is 10.2. The van der Waals surface area contributed by atoms with Gasteiger partial charge in [0.15, 0.2) is 0 Å². The van der Waals surface area contributed by atoms with Gasteiger partial charge in [0, 0.05) is 24.5 Å². The van der Waals surface area contributed by atoms with Crippen molar-refractivity contribution >= 4 is 5.78 Å². The Bertz CT molecular complexity index is 583. The summed E-state index contributed by atoms with van der Waals surface area (Å²) in [6, 6.07) is 6.70. The summed E-state index contributed by atoms with van der Waals surface area (Å²) in [5.41, 5.74) is 0.317. The first-order valence-corrected chi connectivity index (χ1v) is 5.38. The monoisotopic (exact) mass is 271 g/mol. The Kier molecular flexibility index (Phi) is 3.42. The number of rotatable bonds is 3. The van der Waals surface area contributed by atoms with E-state index in [2.05, 4.69) is 0 Å². The third-order valence-electron chi connectivity index (χ3n) is 2.55. The van der Waals surface area contributed by atoms with Gasteiger partial charge in [0.2, 0.25) is 0 Å². The fourth-order valence-electron chi connectivity index (χ4n) is 1.64. The fraction of sp³-hybridized carbons (Fsp3) is 0.154. The highest BCUT2D eigenvalue weighted by Crippen LogP contribution is 2.21. The number of hydrogen-bond acceptors (Lipinski definition) is 1. The summed E-state index contributed by atoms with van der Waals surface area (Å²) in [6.45, 7) is 0.269. The predicted molar refractivity (Wildman–Crippen MR) is 60.3 cm³/mol. The number of benzene rings is 1. The molecule has 0 fully saturated rings. The molecule has 2 aromatic rings. The maximum Gasteiger partial charge on any atom is 0.454 e. The van der Waals surface area contributed by atoms with Gasteiger partial charge in [-0.15, -0.1) is 0 Å². The van der Waals surface area contributed by atoms with Gasteiger partial charge in [-0.3, -0.25) is 4.79 Å². The predicted octanol–water partition coefficient (Wildman–Crippen LogP) is 3.42. The van der Waals surface area contributed by atoms with E-state index in [1.807, 2.05) is 0 Å². The average Bonchev–Trinajstić information content (AvgIpc) is 2.78. The Morgan fingerprint density at radius 1 is 1.11 bits per heavy atom. The topological polar surface area (TPSA) is 22.0 Å². The number of hydrogen-bond donors (Lipinski definition) is 0. The second-order valence-corrected chi connectivity index (χ2v) is 4.03. The van der Waals surface area contributed by atoms with Crippen LogP contribution in [0, 0.1) is 5.82 Å². The van der Waals surface area contributed by atoms with Crippen molar-refractivity contribution in [2.24, 2.45) is 0 Å². The number of carbonyl (C=O) groups is 1. The standard InChI is InChI=1S/C13H9F4NO/c14-11-3-1-9(2-4-11)7-18-6-5-10(8-18)12(19)13(15,16)17/h1-6,8H,7H2. The molecule has 0 saturated carbocycles. The number of alkyl halides is 3. The lowest BCUT2D eigenvalue weighted by molar-refractivity contribution is -0.0885. The first-order valence-electron chi connectivity index (χ1n) is 5.38. The van der Waals surface area contributed by atoms with Crippen molar-refractivity contribution in [2.75, 3.05) is 0 Å². The molecule has 6 heteroatoms.